The zero-order chi connectivity index (χ0) is 13.4. The van der Waals surface area contributed by atoms with Gasteiger partial charge in [-0.05, 0) is 17.5 Å². The quantitative estimate of drug-likeness (QED) is 0.772. The molecule has 1 rings (SSSR count). The first kappa shape index (κ1) is 15.0. The van der Waals surface area contributed by atoms with Crippen LogP contribution in [0.5, 0.6) is 5.75 Å². The van der Waals surface area contributed by atoms with Crippen molar-refractivity contribution in [3.8, 4) is 5.75 Å². The van der Waals surface area contributed by atoms with Gasteiger partial charge in [0.25, 0.3) is 0 Å². The number of hydrogen-bond acceptors (Lipinski definition) is 3. The smallest absolute Gasteiger partial charge is 0.123 e. The molecule has 0 bridgehead atoms. The van der Waals surface area contributed by atoms with E-state index in [2.05, 4.69) is 19.9 Å². The van der Waals surface area contributed by atoms with Crippen molar-refractivity contribution in [2.45, 2.75) is 39.8 Å². The first-order chi connectivity index (χ1) is 8.74. The number of ether oxygens (including phenoxy) is 2. The third-order valence-electron chi connectivity index (χ3n) is 3.35. The van der Waals surface area contributed by atoms with Crippen LogP contribution in [0.2, 0.25) is 0 Å². The Bertz CT molecular complexity index is 348. The van der Waals surface area contributed by atoms with E-state index in [0.717, 1.165) is 23.5 Å². The van der Waals surface area contributed by atoms with Crippen LogP contribution in [0.1, 0.15) is 37.8 Å². The summed E-state index contributed by atoms with van der Waals surface area (Å²) in [5, 5.41) is 0. The fraction of sp³-hybridized carbons (Fsp3) is 0.600. The summed E-state index contributed by atoms with van der Waals surface area (Å²) in [6.07, 6.45) is 2.35. The van der Waals surface area contributed by atoms with Gasteiger partial charge in [-0.3, -0.25) is 0 Å². The first-order valence-electron chi connectivity index (χ1n) is 6.68. The molecule has 0 aromatic heterocycles. The van der Waals surface area contributed by atoms with Crippen LogP contribution in [0, 0.1) is 5.92 Å². The summed E-state index contributed by atoms with van der Waals surface area (Å²) < 4.78 is 11.1. The monoisotopic (exact) mass is 251 g/mol. The molecule has 0 heterocycles. The van der Waals surface area contributed by atoms with E-state index in [1.165, 1.54) is 12.8 Å². The van der Waals surface area contributed by atoms with Gasteiger partial charge in [0.15, 0.2) is 0 Å². The maximum atomic E-state index is 5.75. The second-order valence-corrected chi connectivity index (χ2v) is 4.55. The van der Waals surface area contributed by atoms with Gasteiger partial charge in [-0.25, -0.2) is 0 Å². The number of methoxy groups -OCH3 is 1. The molecule has 0 radical (unpaired) electrons. The van der Waals surface area contributed by atoms with Crippen LogP contribution in [0.3, 0.4) is 0 Å². The summed E-state index contributed by atoms with van der Waals surface area (Å²) in [5.74, 6) is 1.51. The fourth-order valence-corrected chi connectivity index (χ4v) is 1.92. The molecule has 0 spiro atoms. The Morgan fingerprint density at radius 1 is 1.22 bits per heavy atom. The maximum absolute atomic E-state index is 5.75. The van der Waals surface area contributed by atoms with Crippen LogP contribution in [0.25, 0.3) is 0 Å². The van der Waals surface area contributed by atoms with Gasteiger partial charge in [-0.15, -0.1) is 0 Å². The van der Waals surface area contributed by atoms with Crippen molar-refractivity contribution in [2.24, 2.45) is 11.7 Å². The lowest BCUT2D eigenvalue weighted by atomic mass is 10.1. The summed E-state index contributed by atoms with van der Waals surface area (Å²) in [7, 11) is 1.67. The van der Waals surface area contributed by atoms with Crippen LogP contribution < -0.4 is 10.5 Å². The second kappa shape index (κ2) is 8.11. The molecular weight excluding hydrogens is 226 g/mol. The standard InChI is InChI=1S/C15H25NO2/c1-4-12(5-2)10-18-11-13-6-7-14(9-16)15(8-13)17-3/h6-8,12H,4-5,9-11,16H2,1-3H3. The zero-order valence-corrected chi connectivity index (χ0v) is 11.7. The largest absolute Gasteiger partial charge is 0.496 e. The van der Waals surface area contributed by atoms with E-state index < -0.39 is 0 Å². The van der Waals surface area contributed by atoms with E-state index in [4.69, 9.17) is 15.2 Å². The Morgan fingerprint density at radius 2 is 1.94 bits per heavy atom. The predicted molar refractivity (Wildman–Crippen MR) is 74.6 cm³/mol. The molecule has 0 amide bonds. The van der Waals surface area contributed by atoms with Gasteiger partial charge < -0.3 is 15.2 Å². The average Bonchev–Trinajstić information content (AvgIpc) is 2.43. The molecule has 0 aliphatic heterocycles. The van der Waals surface area contributed by atoms with Crippen molar-refractivity contribution in [3.63, 3.8) is 0 Å². The molecule has 2 N–H and O–H groups in total. The summed E-state index contributed by atoms with van der Waals surface area (Å²) in [4.78, 5) is 0. The Balaban J connectivity index is 2.52. The molecular formula is C15H25NO2. The minimum atomic E-state index is 0.498. The second-order valence-electron chi connectivity index (χ2n) is 4.55. The Kier molecular flexibility index (Phi) is 6.76. The average molecular weight is 251 g/mol. The van der Waals surface area contributed by atoms with E-state index in [9.17, 15) is 0 Å². The van der Waals surface area contributed by atoms with E-state index in [1.807, 2.05) is 12.1 Å². The van der Waals surface area contributed by atoms with Crippen LogP contribution >= 0.6 is 0 Å². The highest BCUT2D eigenvalue weighted by molar-refractivity contribution is 5.37. The van der Waals surface area contributed by atoms with Crippen molar-refractivity contribution in [2.75, 3.05) is 13.7 Å². The number of hydrogen-bond donors (Lipinski definition) is 1. The highest BCUT2D eigenvalue weighted by atomic mass is 16.5. The van der Waals surface area contributed by atoms with Gasteiger partial charge in [0, 0.05) is 18.7 Å². The van der Waals surface area contributed by atoms with E-state index in [1.54, 1.807) is 7.11 Å². The van der Waals surface area contributed by atoms with Gasteiger partial charge >= 0.3 is 0 Å². The molecule has 0 fully saturated rings. The van der Waals surface area contributed by atoms with Gasteiger partial charge in [-0.2, -0.15) is 0 Å². The van der Waals surface area contributed by atoms with E-state index in [0.29, 0.717) is 19.1 Å². The van der Waals surface area contributed by atoms with Gasteiger partial charge in [0.1, 0.15) is 5.75 Å². The number of nitrogens with two attached hydrogens (primary N) is 1. The van der Waals surface area contributed by atoms with Crippen LogP contribution in [0.4, 0.5) is 0 Å². The molecule has 18 heavy (non-hydrogen) atoms. The van der Waals surface area contributed by atoms with Gasteiger partial charge in [0.05, 0.1) is 13.7 Å². The Morgan fingerprint density at radius 3 is 2.50 bits per heavy atom. The lowest BCUT2D eigenvalue weighted by Gasteiger charge is -2.13. The highest BCUT2D eigenvalue weighted by Gasteiger charge is 2.05. The predicted octanol–water partition coefficient (Wildman–Crippen LogP) is 3.11. The molecule has 3 heteroatoms. The minimum Gasteiger partial charge on any atom is -0.496 e. The summed E-state index contributed by atoms with van der Waals surface area (Å²) in [6.45, 7) is 6.37. The SMILES string of the molecule is CCC(CC)COCc1ccc(CN)c(OC)c1. The zero-order valence-electron chi connectivity index (χ0n) is 11.7. The molecule has 0 unspecified atom stereocenters. The third kappa shape index (κ3) is 4.31. The molecule has 0 atom stereocenters. The number of benzene rings is 1. The van der Waals surface area contributed by atoms with Crippen LogP contribution in [-0.2, 0) is 17.9 Å². The fourth-order valence-electron chi connectivity index (χ4n) is 1.92. The lowest BCUT2D eigenvalue weighted by molar-refractivity contribution is 0.0842. The normalized spacial score (nSPS) is 10.9. The van der Waals surface area contributed by atoms with E-state index >= 15 is 0 Å². The van der Waals surface area contributed by atoms with Crippen LogP contribution in [-0.4, -0.2) is 13.7 Å². The molecule has 3 nitrogen and oxygen atoms in total. The molecule has 0 saturated carbocycles. The maximum Gasteiger partial charge on any atom is 0.123 e. The van der Waals surface area contributed by atoms with E-state index in [-0.39, 0.29) is 0 Å². The first-order valence-corrected chi connectivity index (χ1v) is 6.68. The summed E-state index contributed by atoms with van der Waals surface area (Å²) in [6, 6.07) is 6.07. The van der Waals surface area contributed by atoms with Crippen molar-refractivity contribution in [3.05, 3.63) is 29.3 Å². The molecule has 1 aromatic carbocycles. The minimum absolute atomic E-state index is 0.498. The molecule has 0 saturated heterocycles. The third-order valence-corrected chi connectivity index (χ3v) is 3.35. The van der Waals surface area contributed by atoms with Crippen molar-refractivity contribution in [1.82, 2.24) is 0 Å². The lowest BCUT2D eigenvalue weighted by Crippen LogP contribution is -2.08. The molecule has 0 aliphatic rings. The molecule has 1 aromatic rings. The highest BCUT2D eigenvalue weighted by Crippen LogP contribution is 2.20. The van der Waals surface area contributed by atoms with Gasteiger partial charge in [-0.1, -0.05) is 38.8 Å². The van der Waals surface area contributed by atoms with Crippen molar-refractivity contribution < 1.29 is 9.47 Å². The van der Waals surface area contributed by atoms with Gasteiger partial charge in [0.2, 0.25) is 0 Å². The number of rotatable bonds is 8. The van der Waals surface area contributed by atoms with Crippen molar-refractivity contribution >= 4 is 0 Å². The molecule has 0 aliphatic carbocycles. The topological polar surface area (TPSA) is 44.5 Å². The van der Waals surface area contributed by atoms with Crippen LogP contribution in [0.15, 0.2) is 18.2 Å². The molecule has 102 valence electrons. The summed E-state index contributed by atoms with van der Waals surface area (Å²) >= 11 is 0. The Hall–Kier alpha value is -1.06. The Labute approximate surface area is 110 Å². The summed E-state index contributed by atoms with van der Waals surface area (Å²) in [5.41, 5.74) is 7.80. The van der Waals surface area contributed by atoms with Crippen molar-refractivity contribution in [1.29, 1.82) is 0 Å².